The molecule has 98 valence electrons. The van der Waals surface area contributed by atoms with Gasteiger partial charge in [0.15, 0.2) is 0 Å². The number of carbonyl (C=O) groups excluding carboxylic acids is 2. The molecule has 2 heterocycles. The number of carboxylic acid groups (broad SMARTS) is 1. The summed E-state index contributed by atoms with van der Waals surface area (Å²) < 4.78 is 0. The largest absolute Gasteiger partial charge is 0.477 e. The quantitative estimate of drug-likeness (QED) is 0.482. The van der Waals surface area contributed by atoms with Gasteiger partial charge in [0.25, 0.3) is 0 Å². The molecule has 0 aromatic heterocycles. The van der Waals surface area contributed by atoms with Gasteiger partial charge in [-0.2, -0.15) is 0 Å². The van der Waals surface area contributed by atoms with E-state index in [1.54, 1.807) is 0 Å². The summed E-state index contributed by atoms with van der Waals surface area (Å²) in [5.41, 5.74) is 5.02. The first kappa shape index (κ1) is 12.7. The van der Waals surface area contributed by atoms with Crippen molar-refractivity contribution < 1.29 is 19.5 Å². The Bertz CT molecular complexity index is 448. The summed E-state index contributed by atoms with van der Waals surface area (Å²) in [6.45, 7) is 0.394. The van der Waals surface area contributed by atoms with E-state index in [0.717, 1.165) is 0 Å². The predicted octanol–water partition coefficient (Wildman–Crippen LogP) is 0.0363. The lowest BCUT2D eigenvalue weighted by molar-refractivity contribution is -0.145. The van der Waals surface area contributed by atoms with Crippen LogP contribution in [0, 0.1) is 0 Å². The van der Waals surface area contributed by atoms with Crippen LogP contribution >= 0.6 is 11.8 Å². The summed E-state index contributed by atoms with van der Waals surface area (Å²) in [6, 6.07) is -0.597. The van der Waals surface area contributed by atoms with Crippen LogP contribution in [0.3, 0.4) is 0 Å². The second kappa shape index (κ2) is 4.89. The molecular formula is C10H13N3O4S. The Morgan fingerprint density at radius 1 is 1.56 bits per heavy atom. The van der Waals surface area contributed by atoms with Crippen molar-refractivity contribution in [1.82, 2.24) is 10.2 Å². The maximum atomic E-state index is 11.3. The van der Waals surface area contributed by atoms with Gasteiger partial charge >= 0.3 is 12.0 Å². The van der Waals surface area contributed by atoms with Gasteiger partial charge in [0.2, 0.25) is 5.91 Å². The van der Waals surface area contributed by atoms with Crippen molar-refractivity contribution in [3.8, 4) is 0 Å². The zero-order valence-corrected chi connectivity index (χ0v) is 10.3. The fraction of sp³-hybridized carbons (Fsp3) is 0.500. The highest BCUT2D eigenvalue weighted by Gasteiger charge is 2.47. The zero-order chi connectivity index (χ0) is 13.3. The molecule has 1 fully saturated rings. The van der Waals surface area contributed by atoms with E-state index < -0.39 is 12.0 Å². The zero-order valence-electron chi connectivity index (χ0n) is 9.51. The Morgan fingerprint density at radius 2 is 2.28 bits per heavy atom. The van der Waals surface area contributed by atoms with Crippen molar-refractivity contribution in [1.29, 1.82) is 0 Å². The number of aliphatic carboxylic acids is 1. The molecule has 7 nitrogen and oxygen atoms in total. The summed E-state index contributed by atoms with van der Waals surface area (Å²) in [4.78, 5) is 35.0. The third-order valence-electron chi connectivity index (χ3n) is 2.77. The average Bonchev–Trinajstić information content (AvgIpc) is 2.57. The molecule has 1 atom stereocenters. The molecule has 4 N–H and O–H groups in total. The first-order valence-electron chi connectivity index (χ1n) is 5.49. The highest BCUT2D eigenvalue weighted by atomic mass is 32.2. The van der Waals surface area contributed by atoms with E-state index in [1.165, 1.54) is 16.7 Å². The van der Waals surface area contributed by atoms with Crippen molar-refractivity contribution >= 4 is 29.7 Å². The first-order chi connectivity index (χ1) is 8.50. The average molecular weight is 271 g/mol. The molecule has 2 rings (SSSR count). The van der Waals surface area contributed by atoms with Gasteiger partial charge in [-0.15, -0.1) is 11.8 Å². The van der Waals surface area contributed by atoms with Gasteiger partial charge in [0.1, 0.15) is 5.70 Å². The highest BCUT2D eigenvalue weighted by Crippen LogP contribution is 2.47. The first-order valence-corrected chi connectivity index (χ1v) is 6.37. The number of hydrogen-bond acceptors (Lipinski definition) is 4. The van der Waals surface area contributed by atoms with Crippen LogP contribution in [0.15, 0.2) is 10.6 Å². The van der Waals surface area contributed by atoms with E-state index in [4.69, 9.17) is 10.8 Å². The van der Waals surface area contributed by atoms with E-state index in [-0.39, 0.29) is 17.0 Å². The number of nitrogens with two attached hydrogens (primary N) is 1. The van der Waals surface area contributed by atoms with Gasteiger partial charge in [-0.25, -0.2) is 9.59 Å². The lowest BCUT2D eigenvalue weighted by Crippen LogP contribution is -2.48. The van der Waals surface area contributed by atoms with Crippen molar-refractivity contribution in [2.24, 2.45) is 5.73 Å². The third kappa shape index (κ3) is 2.28. The Kier molecular flexibility index (Phi) is 3.46. The van der Waals surface area contributed by atoms with E-state index in [2.05, 4.69) is 5.32 Å². The summed E-state index contributed by atoms with van der Waals surface area (Å²) in [6.07, 6.45) is 1.51. The van der Waals surface area contributed by atoms with Crippen LogP contribution in [0.25, 0.3) is 0 Å². The number of β-lactam (4-membered cyclic amide) rings is 1. The number of carbonyl (C=O) groups is 3. The number of allylic oxidation sites excluding steroid dienone is 1. The smallest absolute Gasteiger partial charge is 0.353 e. The minimum atomic E-state index is -1.07. The summed E-state index contributed by atoms with van der Waals surface area (Å²) in [7, 11) is 0. The molecule has 2 aliphatic rings. The lowest BCUT2D eigenvalue weighted by atomic mass is 10.1. The molecule has 0 unspecified atom stereocenters. The number of hydrogen-bond donors (Lipinski definition) is 3. The van der Waals surface area contributed by atoms with Crippen LogP contribution in [0.2, 0.25) is 0 Å². The van der Waals surface area contributed by atoms with Crippen LogP contribution in [0.4, 0.5) is 4.79 Å². The van der Waals surface area contributed by atoms with Gasteiger partial charge in [-0.1, -0.05) is 0 Å². The second-order valence-electron chi connectivity index (χ2n) is 4.01. The summed E-state index contributed by atoms with van der Waals surface area (Å²) in [5, 5.41) is 11.5. The van der Waals surface area contributed by atoms with Gasteiger partial charge in [0.05, 0.1) is 11.8 Å². The number of thioether (sulfide) groups is 1. The molecule has 2 aliphatic heterocycles. The van der Waals surface area contributed by atoms with E-state index in [0.29, 0.717) is 30.7 Å². The van der Waals surface area contributed by atoms with Crippen molar-refractivity contribution in [3.63, 3.8) is 0 Å². The van der Waals surface area contributed by atoms with Crippen LogP contribution in [0.1, 0.15) is 19.3 Å². The molecule has 3 amide bonds. The topological polar surface area (TPSA) is 113 Å². The Hall–Kier alpha value is -1.70. The summed E-state index contributed by atoms with van der Waals surface area (Å²) >= 11 is 1.42. The van der Waals surface area contributed by atoms with Gasteiger partial charge in [-0.3, -0.25) is 9.69 Å². The number of nitrogens with one attached hydrogen (secondary N) is 1. The van der Waals surface area contributed by atoms with Gasteiger partial charge in [-0.05, 0) is 12.8 Å². The Balaban J connectivity index is 1.96. The van der Waals surface area contributed by atoms with Crippen LogP contribution in [-0.4, -0.2) is 39.8 Å². The maximum absolute atomic E-state index is 11.3. The monoisotopic (exact) mass is 271 g/mol. The van der Waals surface area contributed by atoms with Crippen molar-refractivity contribution in [3.05, 3.63) is 10.6 Å². The molecule has 0 saturated carbocycles. The van der Waals surface area contributed by atoms with E-state index in [9.17, 15) is 14.4 Å². The van der Waals surface area contributed by atoms with Crippen LogP contribution in [0.5, 0.6) is 0 Å². The van der Waals surface area contributed by atoms with Crippen LogP contribution in [-0.2, 0) is 9.59 Å². The summed E-state index contributed by atoms with van der Waals surface area (Å²) in [5.74, 6) is -1.22. The number of primary amides is 1. The Morgan fingerprint density at radius 3 is 2.83 bits per heavy atom. The molecule has 0 bridgehead atoms. The fourth-order valence-electron chi connectivity index (χ4n) is 1.96. The van der Waals surface area contributed by atoms with Crippen molar-refractivity contribution in [2.75, 3.05) is 6.54 Å². The molecule has 0 radical (unpaired) electrons. The number of carboxylic acids is 1. The lowest BCUT2D eigenvalue weighted by Gasteiger charge is -2.33. The minimum Gasteiger partial charge on any atom is -0.477 e. The standard InChI is InChI=1S/C10H13N3O4S/c11-10(17)12-3-1-2-5-8(9(15)16)13-6(14)4-7(13)18-5/h7H,1-4H2,(H,15,16)(H3,11,12,17)/t7-/m1/s1. The molecular weight excluding hydrogens is 258 g/mol. The minimum absolute atomic E-state index is 0.0531. The second-order valence-corrected chi connectivity index (χ2v) is 5.28. The van der Waals surface area contributed by atoms with Gasteiger partial charge in [0, 0.05) is 11.4 Å². The fourth-order valence-corrected chi connectivity index (χ4v) is 3.41. The molecule has 0 spiro atoms. The molecule has 18 heavy (non-hydrogen) atoms. The molecule has 8 heteroatoms. The molecule has 0 aliphatic carbocycles. The predicted molar refractivity (Wildman–Crippen MR) is 64.3 cm³/mol. The maximum Gasteiger partial charge on any atom is 0.353 e. The highest BCUT2D eigenvalue weighted by molar-refractivity contribution is 8.04. The van der Waals surface area contributed by atoms with E-state index >= 15 is 0 Å². The molecule has 0 aromatic carbocycles. The number of nitrogens with zero attached hydrogens (tertiary/aromatic N) is 1. The van der Waals surface area contributed by atoms with Gasteiger partial charge < -0.3 is 16.2 Å². The Labute approximate surface area is 107 Å². The molecule has 1 saturated heterocycles. The van der Waals surface area contributed by atoms with Crippen molar-refractivity contribution in [2.45, 2.75) is 24.6 Å². The SMILES string of the molecule is NC(=O)NCCCC1=C(C(=O)O)N2C(=O)C[C@H]2S1. The number of rotatable bonds is 5. The number of urea groups is 1. The van der Waals surface area contributed by atoms with E-state index in [1.807, 2.05) is 0 Å². The third-order valence-corrected chi connectivity index (χ3v) is 4.10. The number of fused-ring (bicyclic) bond motifs is 1. The normalized spacial score (nSPS) is 21.7. The van der Waals surface area contributed by atoms with Crippen LogP contribution < -0.4 is 11.1 Å². The molecule has 0 aromatic rings. The number of amides is 3.